The summed E-state index contributed by atoms with van der Waals surface area (Å²) in [4.78, 5) is 0. The number of aryl methyl sites for hydroxylation is 1. The van der Waals surface area contributed by atoms with Crippen molar-refractivity contribution in [2.24, 2.45) is 0 Å². The van der Waals surface area contributed by atoms with Gasteiger partial charge in [-0.3, -0.25) is 0 Å². The molecule has 0 spiro atoms. The maximum atomic E-state index is 5.62. The molecule has 0 unspecified atom stereocenters. The van der Waals surface area contributed by atoms with Crippen LogP contribution in [-0.2, 0) is 13.0 Å². The summed E-state index contributed by atoms with van der Waals surface area (Å²) in [6, 6.07) is 16.7. The predicted octanol–water partition coefficient (Wildman–Crippen LogP) is 4.26. The van der Waals surface area contributed by atoms with Crippen molar-refractivity contribution < 1.29 is 4.74 Å². The van der Waals surface area contributed by atoms with E-state index in [4.69, 9.17) is 4.74 Å². The van der Waals surface area contributed by atoms with Gasteiger partial charge in [-0.1, -0.05) is 37.3 Å². The summed E-state index contributed by atoms with van der Waals surface area (Å²) in [6.07, 6.45) is 1.08. The Balaban J connectivity index is 2.01. The maximum absolute atomic E-state index is 5.62. The molecule has 1 N–H and O–H groups in total. The van der Waals surface area contributed by atoms with Crippen molar-refractivity contribution in [1.29, 1.82) is 0 Å². The molecule has 100 valence electrons. The summed E-state index contributed by atoms with van der Waals surface area (Å²) in [7, 11) is 0. The predicted molar refractivity (Wildman–Crippen MR) is 80.8 cm³/mol. The van der Waals surface area contributed by atoms with Crippen LogP contribution in [0.1, 0.15) is 25.0 Å². The molecule has 0 aliphatic heterocycles. The number of nitrogens with one attached hydrogen (secondary N) is 1. The van der Waals surface area contributed by atoms with Crippen molar-refractivity contribution in [3.8, 4) is 5.75 Å². The van der Waals surface area contributed by atoms with Crippen LogP contribution >= 0.6 is 0 Å². The van der Waals surface area contributed by atoms with Crippen LogP contribution < -0.4 is 10.1 Å². The van der Waals surface area contributed by atoms with Gasteiger partial charge >= 0.3 is 0 Å². The highest BCUT2D eigenvalue weighted by Crippen LogP contribution is 2.19. The van der Waals surface area contributed by atoms with Gasteiger partial charge in [-0.25, -0.2) is 0 Å². The molecule has 19 heavy (non-hydrogen) atoms. The quantitative estimate of drug-likeness (QED) is 0.832. The van der Waals surface area contributed by atoms with E-state index >= 15 is 0 Å². The van der Waals surface area contributed by atoms with E-state index in [9.17, 15) is 0 Å². The second-order valence-electron chi connectivity index (χ2n) is 4.44. The highest BCUT2D eigenvalue weighted by atomic mass is 16.5. The highest BCUT2D eigenvalue weighted by molar-refractivity contribution is 5.46. The molecule has 2 rings (SSSR count). The molecule has 0 bridgehead atoms. The zero-order valence-corrected chi connectivity index (χ0v) is 11.6. The highest BCUT2D eigenvalue weighted by Gasteiger charge is 2.02. The van der Waals surface area contributed by atoms with Gasteiger partial charge in [-0.2, -0.15) is 0 Å². The topological polar surface area (TPSA) is 21.3 Å². The molecule has 0 fully saturated rings. The van der Waals surface area contributed by atoms with Crippen LogP contribution in [0.4, 0.5) is 5.69 Å². The molecular formula is C17H21NO. The van der Waals surface area contributed by atoms with E-state index in [1.807, 2.05) is 25.1 Å². The fraction of sp³-hybridized carbons (Fsp3) is 0.294. The summed E-state index contributed by atoms with van der Waals surface area (Å²) >= 11 is 0. The van der Waals surface area contributed by atoms with Crippen LogP contribution in [0, 0.1) is 0 Å². The first-order valence-electron chi connectivity index (χ1n) is 6.87. The second kappa shape index (κ2) is 6.83. The first-order valence-corrected chi connectivity index (χ1v) is 6.87. The van der Waals surface area contributed by atoms with E-state index in [2.05, 4.69) is 42.6 Å². The average molecular weight is 255 g/mol. The normalized spacial score (nSPS) is 10.2. The van der Waals surface area contributed by atoms with E-state index in [-0.39, 0.29) is 0 Å². The Hall–Kier alpha value is -1.96. The summed E-state index contributed by atoms with van der Waals surface area (Å²) in [6.45, 7) is 5.65. The molecule has 2 aromatic rings. The monoisotopic (exact) mass is 255 g/mol. The van der Waals surface area contributed by atoms with Gasteiger partial charge in [0.25, 0.3) is 0 Å². The Morgan fingerprint density at radius 3 is 2.37 bits per heavy atom. The van der Waals surface area contributed by atoms with Crippen molar-refractivity contribution in [3.63, 3.8) is 0 Å². The first-order chi connectivity index (χ1) is 9.33. The summed E-state index contributed by atoms with van der Waals surface area (Å²) < 4.78 is 5.62. The molecule has 2 aromatic carbocycles. The van der Waals surface area contributed by atoms with Gasteiger partial charge in [0.15, 0.2) is 0 Å². The lowest BCUT2D eigenvalue weighted by molar-refractivity contribution is 0.337. The number of anilines is 1. The lowest BCUT2D eigenvalue weighted by atomic mass is 10.1. The number of hydrogen-bond acceptors (Lipinski definition) is 2. The van der Waals surface area contributed by atoms with Gasteiger partial charge in [0.05, 0.1) is 6.61 Å². The van der Waals surface area contributed by atoms with Gasteiger partial charge in [0.2, 0.25) is 0 Å². The minimum Gasteiger partial charge on any atom is -0.494 e. The summed E-state index contributed by atoms with van der Waals surface area (Å²) in [5.41, 5.74) is 3.69. The maximum Gasteiger partial charge on any atom is 0.124 e. The Kier molecular flexibility index (Phi) is 4.85. The Labute approximate surface area is 115 Å². The van der Waals surface area contributed by atoms with Crippen LogP contribution in [0.5, 0.6) is 5.75 Å². The Bertz CT molecular complexity index is 505. The molecule has 0 aliphatic rings. The fourth-order valence-electron chi connectivity index (χ4n) is 2.00. The van der Waals surface area contributed by atoms with Crippen LogP contribution in [0.3, 0.4) is 0 Å². The van der Waals surface area contributed by atoms with Crippen molar-refractivity contribution in [2.45, 2.75) is 26.8 Å². The van der Waals surface area contributed by atoms with Gasteiger partial charge in [-0.15, -0.1) is 0 Å². The molecule has 0 atom stereocenters. The number of ether oxygens (including phenoxy) is 1. The molecule has 0 saturated heterocycles. The first kappa shape index (κ1) is 13.5. The molecular weight excluding hydrogens is 234 g/mol. The number of para-hydroxylation sites is 1. The zero-order chi connectivity index (χ0) is 13.5. The van der Waals surface area contributed by atoms with E-state index < -0.39 is 0 Å². The van der Waals surface area contributed by atoms with E-state index in [1.54, 1.807) is 0 Å². The summed E-state index contributed by atoms with van der Waals surface area (Å²) in [5.74, 6) is 0.961. The zero-order valence-electron chi connectivity index (χ0n) is 11.6. The second-order valence-corrected chi connectivity index (χ2v) is 4.44. The van der Waals surface area contributed by atoms with Crippen LogP contribution in [0.25, 0.3) is 0 Å². The fourth-order valence-corrected chi connectivity index (χ4v) is 2.00. The van der Waals surface area contributed by atoms with E-state index in [0.29, 0.717) is 6.61 Å². The number of benzene rings is 2. The van der Waals surface area contributed by atoms with Crippen molar-refractivity contribution >= 4 is 5.69 Å². The molecule has 0 aromatic heterocycles. The molecule has 0 saturated carbocycles. The Morgan fingerprint density at radius 1 is 0.947 bits per heavy atom. The van der Waals surface area contributed by atoms with Gasteiger partial charge < -0.3 is 10.1 Å². The third kappa shape index (κ3) is 3.75. The smallest absolute Gasteiger partial charge is 0.124 e. The van der Waals surface area contributed by atoms with Crippen LogP contribution in [0.15, 0.2) is 48.5 Å². The molecule has 0 radical (unpaired) electrons. The van der Waals surface area contributed by atoms with Gasteiger partial charge in [0.1, 0.15) is 5.75 Å². The summed E-state index contributed by atoms with van der Waals surface area (Å²) in [5, 5.41) is 3.43. The third-order valence-electron chi connectivity index (χ3n) is 3.12. The lowest BCUT2D eigenvalue weighted by Gasteiger charge is -2.12. The van der Waals surface area contributed by atoms with Crippen molar-refractivity contribution in [3.05, 3.63) is 59.7 Å². The average Bonchev–Trinajstić information content (AvgIpc) is 2.47. The molecule has 2 nitrogen and oxygen atoms in total. The minimum atomic E-state index is 0.697. The molecule has 0 amide bonds. The standard InChI is InChI=1S/C17H21NO/c1-3-14-9-11-16(12-10-14)18-13-15-7-5-6-8-17(15)19-4-2/h5-12,18H,3-4,13H2,1-2H3. The van der Waals surface area contributed by atoms with Gasteiger partial charge in [0, 0.05) is 17.8 Å². The largest absolute Gasteiger partial charge is 0.494 e. The SMILES string of the molecule is CCOc1ccccc1CNc1ccc(CC)cc1. The number of rotatable bonds is 6. The Morgan fingerprint density at radius 2 is 1.68 bits per heavy atom. The molecule has 0 aliphatic carbocycles. The third-order valence-corrected chi connectivity index (χ3v) is 3.12. The van der Waals surface area contributed by atoms with E-state index in [1.165, 1.54) is 11.1 Å². The number of hydrogen-bond donors (Lipinski definition) is 1. The van der Waals surface area contributed by atoms with E-state index in [0.717, 1.165) is 24.4 Å². The van der Waals surface area contributed by atoms with Crippen LogP contribution in [-0.4, -0.2) is 6.61 Å². The lowest BCUT2D eigenvalue weighted by Crippen LogP contribution is -2.03. The van der Waals surface area contributed by atoms with Crippen LogP contribution in [0.2, 0.25) is 0 Å². The minimum absolute atomic E-state index is 0.697. The van der Waals surface area contributed by atoms with Crippen molar-refractivity contribution in [2.75, 3.05) is 11.9 Å². The van der Waals surface area contributed by atoms with Gasteiger partial charge in [-0.05, 0) is 37.1 Å². The molecule has 0 heterocycles. The molecule has 2 heteroatoms. The van der Waals surface area contributed by atoms with Crippen molar-refractivity contribution in [1.82, 2.24) is 0 Å².